The van der Waals surface area contributed by atoms with Crippen LogP contribution < -0.4 is 0 Å². The van der Waals surface area contributed by atoms with Crippen molar-refractivity contribution in [1.82, 2.24) is 0 Å². The molecule has 0 aromatic heterocycles. The molecule has 3 heteroatoms. The van der Waals surface area contributed by atoms with E-state index in [1.54, 1.807) is 29.9 Å². The molecule has 1 atom stereocenters. The second-order valence-electron chi connectivity index (χ2n) is 3.12. The number of allylic oxidation sites excluding steroid dienone is 2. The molecule has 0 rings (SSSR count). The summed E-state index contributed by atoms with van der Waals surface area (Å²) in [5, 5.41) is 0. The average molecular weight is 214 g/mol. The van der Waals surface area contributed by atoms with E-state index < -0.39 is 7.37 Å². The van der Waals surface area contributed by atoms with E-state index in [0.717, 1.165) is 0 Å². The molecule has 0 aliphatic carbocycles. The molecular weight excluding hydrogens is 195 g/mol. The zero-order chi connectivity index (χ0) is 11.0. The van der Waals surface area contributed by atoms with Crippen LogP contribution in [0, 0.1) is 5.92 Å². The Kier molecular flexibility index (Phi) is 6.52. The van der Waals surface area contributed by atoms with Gasteiger partial charge in [0.15, 0.2) is 0 Å². The molecular formula is C11H19O2P. The summed E-state index contributed by atoms with van der Waals surface area (Å²) in [5.41, 5.74) is 0. The molecule has 0 saturated heterocycles. The van der Waals surface area contributed by atoms with Crippen LogP contribution in [-0.2, 0) is 9.09 Å². The molecule has 0 N–H and O–H groups in total. The standard InChI is InChI=1S/C11H19O2P/c1-5-8-14(12,9-6-2)13-10-11(4)7-3/h5-9,11H,3,10H2,1-2,4H3/b8-5-,9-6-. The number of hydrogen-bond donors (Lipinski definition) is 0. The third-order valence-corrected chi connectivity index (χ3v) is 3.64. The van der Waals surface area contributed by atoms with Crippen LogP contribution in [0.25, 0.3) is 0 Å². The summed E-state index contributed by atoms with van der Waals surface area (Å²) in [6, 6.07) is 0. The Bertz CT molecular complexity index is 250. The molecule has 0 aliphatic heterocycles. The smallest absolute Gasteiger partial charge is 0.246 e. The first-order valence-corrected chi connectivity index (χ1v) is 6.48. The predicted octanol–water partition coefficient (Wildman–Crippen LogP) is 4.17. The lowest BCUT2D eigenvalue weighted by Gasteiger charge is -2.12. The molecule has 2 nitrogen and oxygen atoms in total. The average Bonchev–Trinajstić information content (AvgIpc) is 2.15. The second-order valence-corrected chi connectivity index (χ2v) is 5.26. The Balaban J connectivity index is 4.38. The van der Waals surface area contributed by atoms with Crippen LogP contribution in [0.15, 0.2) is 36.4 Å². The monoisotopic (exact) mass is 214 g/mol. The molecule has 0 radical (unpaired) electrons. The lowest BCUT2D eigenvalue weighted by molar-refractivity contribution is 0.294. The van der Waals surface area contributed by atoms with Gasteiger partial charge in [0.25, 0.3) is 0 Å². The summed E-state index contributed by atoms with van der Waals surface area (Å²) in [4.78, 5) is 0. The van der Waals surface area contributed by atoms with Gasteiger partial charge in [-0.2, -0.15) is 0 Å². The Morgan fingerprint density at radius 2 is 1.86 bits per heavy atom. The van der Waals surface area contributed by atoms with E-state index in [1.165, 1.54) is 0 Å². The van der Waals surface area contributed by atoms with Crippen molar-refractivity contribution in [1.29, 1.82) is 0 Å². The molecule has 0 saturated carbocycles. The van der Waals surface area contributed by atoms with Crippen molar-refractivity contribution in [3.8, 4) is 0 Å². The maximum Gasteiger partial charge on any atom is 0.246 e. The van der Waals surface area contributed by atoms with Gasteiger partial charge in [0, 0.05) is 11.6 Å². The van der Waals surface area contributed by atoms with E-state index >= 15 is 0 Å². The Morgan fingerprint density at radius 3 is 2.21 bits per heavy atom. The molecule has 0 aromatic carbocycles. The quantitative estimate of drug-likeness (QED) is 0.490. The first-order chi connectivity index (χ1) is 6.58. The minimum absolute atomic E-state index is 0.221. The molecule has 80 valence electrons. The van der Waals surface area contributed by atoms with Gasteiger partial charge in [0.2, 0.25) is 7.37 Å². The summed E-state index contributed by atoms with van der Waals surface area (Å²) >= 11 is 0. The fourth-order valence-electron chi connectivity index (χ4n) is 0.853. The van der Waals surface area contributed by atoms with E-state index in [1.807, 2.05) is 20.8 Å². The van der Waals surface area contributed by atoms with E-state index in [-0.39, 0.29) is 5.92 Å². The summed E-state index contributed by atoms with van der Waals surface area (Å²) in [6.07, 6.45) is 5.29. The fraction of sp³-hybridized carbons (Fsp3) is 0.455. The van der Waals surface area contributed by atoms with Gasteiger partial charge in [-0.25, -0.2) is 0 Å². The van der Waals surface area contributed by atoms with Crippen molar-refractivity contribution >= 4 is 7.37 Å². The molecule has 0 aliphatic rings. The summed E-state index contributed by atoms with van der Waals surface area (Å²) in [7, 11) is -2.70. The van der Waals surface area contributed by atoms with Crippen molar-refractivity contribution in [2.24, 2.45) is 5.92 Å². The van der Waals surface area contributed by atoms with Crippen LogP contribution in [0.5, 0.6) is 0 Å². The van der Waals surface area contributed by atoms with Gasteiger partial charge in [-0.1, -0.05) is 25.2 Å². The van der Waals surface area contributed by atoms with Crippen molar-refractivity contribution in [2.45, 2.75) is 20.8 Å². The summed E-state index contributed by atoms with van der Waals surface area (Å²) in [5.74, 6) is 3.45. The van der Waals surface area contributed by atoms with Gasteiger partial charge in [-0.15, -0.1) is 6.58 Å². The lowest BCUT2D eigenvalue weighted by atomic mass is 10.2. The Hall–Kier alpha value is -0.590. The van der Waals surface area contributed by atoms with Crippen molar-refractivity contribution in [3.05, 3.63) is 36.4 Å². The Labute approximate surface area is 86.8 Å². The minimum Gasteiger partial charge on any atom is -0.322 e. The van der Waals surface area contributed by atoms with Gasteiger partial charge in [0.05, 0.1) is 6.61 Å². The largest absolute Gasteiger partial charge is 0.322 e. The van der Waals surface area contributed by atoms with Gasteiger partial charge >= 0.3 is 0 Å². The van der Waals surface area contributed by atoms with Gasteiger partial charge < -0.3 is 4.52 Å². The molecule has 0 amide bonds. The molecule has 0 bridgehead atoms. The highest BCUT2D eigenvalue weighted by atomic mass is 31.2. The molecule has 0 spiro atoms. The topological polar surface area (TPSA) is 26.3 Å². The van der Waals surface area contributed by atoms with Crippen LogP contribution in [0.4, 0.5) is 0 Å². The molecule has 0 aromatic rings. The Morgan fingerprint density at radius 1 is 1.36 bits per heavy atom. The molecule has 14 heavy (non-hydrogen) atoms. The number of rotatable bonds is 6. The molecule has 0 heterocycles. The van der Waals surface area contributed by atoms with Gasteiger partial charge in [-0.3, -0.25) is 4.57 Å². The maximum absolute atomic E-state index is 12.0. The first-order valence-electron chi connectivity index (χ1n) is 4.72. The normalized spacial score (nSPS) is 15.1. The van der Waals surface area contributed by atoms with Crippen molar-refractivity contribution in [2.75, 3.05) is 6.61 Å². The fourth-order valence-corrected chi connectivity index (χ4v) is 2.42. The third-order valence-electron chi connectivity index (χ3n) is 1.66. The SMILES string of the molecule is C=CC(C)COP(=O)(/C=C\C)/C=C\C. The highest BCUT2D eigenvalue weighted by Crippen LogP contribution is 2.50. The second kappa shape index (κ2) is 6.80. The van der Waals surface area contributed by atoms with Crippen LogP contribution in [0.2, 0.25) is 0 Å². The minimum atomic E-state index is -2.70. The van der Waals surface area contributed by atoms with E-state index in [4.69, 9.17) is 4.52 Å². The first kappa shape index (κ1) is 13.4. The third kappa shape index (κ3) is 5.21. The van der Waals surface area contributed by atoms with Crippen LogP contribution >= 0.6 is 7.37 Å². The highest BCUT2D eigenvalue weighted by molar-refractivity contribution is 7.65. The van der Waals surface area contributed by atoms with Gasteiger partial charge in [-0.05, 0) is 19.8 Å². The number of hydrogen-bond acceptors (Lipinski definition) is 2. The zero-order valence-corrected chi connectivity index (χ0v) is 10.0. The molecule has 0 fully saturated rings. The highest BCUT2D eigenvalue weighted by Gasteiger charge is 2.14. The lowest BCUT2D eigenvalue weighted by Crippen LogP contribution is -1.99. The van der Waals surface area contributed by atoms with Gasteiger partial charge in [0.1, 0.15) is 0 Å². The van der Waals surface area contributed by atoms with E-state index in [2.05, 4.69) is 6.58 Å². The van der Waals surface area contributed by atoms with E-state index in [9.17, 15) is 4.57 Å². The van der Waals surface area contributed by atoms with Crippen molar-refractivity contribution < 1.29 is 9.09 Å². The predicted molar refractivity (Wildman–Crippen MR) is 62.5 cm³/mol. The molecule has 1 unspecified atom stereocenters. The van der Waals surface area contributed by atoms with Crippen LogP contribution in [0.3, 0.4) is 0 Å². The zero-order valence-electron chi connectivity index (χ0n) is 9.14. The van der Waals surface area contributed by atoms with Crippen LogP contribution in [0.1, 0.15) is 20.8 Å². The van der Waals surface area contributed by atoms with Crippen LogP contribution in [-0.4, -0.2) is 6.61 Å². The maximum atomic E-state index is 12.0. The summed E-state index contributed by atoms with van der Waals surface area (Å²) in [6.45, 7) is 9.72. The van der Waals surface area contributed by atoms with Crippen molar-refractivity contribution in [3.63, 3.8) is 0 Å². The summed E-state index contributed by atoms with van der Waals surface area (Å²) < 4.78 is 17.4. The van der Waals surface area contributed by atoms with E-state index in [0.29, 0.717) is 6.61 Å².